The van der Waals surface area contributed by atoms with E-state index in [1.54, 1.807) is 11.1 Å². The number of aromatic nitrogens is 1. The fourth-order valence-corrected chi connectivity index (χ4v) is 7.16. The first-order valence-corrected chi connectivity index (χ1v) is 13.5. The molecule has 1 aromatic rings. The Morgan fingerprint density at radius 1 is 1.12 bits per heavy atom. The van der Waals surface area contributed by atoms with E-state index in [0.29, 0.717) is 31.4 Å². The first-order chi connectivity index (χ1) is 15.4. The highest BCUT2D eigenvalue weighted by Crippen LogP contribution is 2.40. The molecule has 3 aliphatic heterocycles. The maximum absolute atomic E-state index is 13.2. The van der Waals surface area contributed by atoms with Crippen LogP contribution < -0.4 is 9.46 Å². The van der Waals surface area contributed by atoms with E-state index in [1.807, 2.05) is 6.07 Å². The number of carbonyl (C=O) groups is 1. The molecular formula is C23H33N3O5S. The van der Waals surface area contributed by atoms with Gasteiger partial charge in [-0.3, -0.25) is 4.79 Å². The second kappa shape index (κ2) is 8.91. The Hall–Kier alpha value is -1.71. The van der Waals surface area contributed by atoms with Gasteiger partial charge in [-0.1, -0.05) is 0 Å². The molecule has 1 amide bonds. The fourth-order valence-electron chi connectivity index (χ4n) is 5.52. The Balaban J connectivity index is 1.41. The van der Waals surface area contributed by atoms with Crippen molar-refractivity contribution in [2.24, 2.45) is 0 Å². The van der Waals surface area contributed by atoms with Gasteiger partial charge in [0.25, 0.3) is 5.91 Å². The fraction of sp³-hybridized carbons (Fsp3) is 0.739. The summed E-state index contributed by atoms with van der Waals surface area (Å²) in [5.74, 6) is 0.770. The van der Waals surface area contributed by atoms with Gasteiger partial charge < -0.3 is 14.4 Å². The van der Waals surface area contributed by atoms with E-state index in [-0.39, 0.29) is 36.0 Å². The largest absolute Gasteiger partial charge is 0.467 e. The molecule has 176 valence electrons. The standard InChI is InChI=1S/C23H33N3O5S/c1-15-10-11-24-23-22(15)16-4-6-17(7-5-16)30-13-20-19(25-32(28,29)18-8-9-18)3-2-12-26(20)21(27)14-31-23/h10-11,16-20,25H,2-9,12-14H2,1H3. The topological polar surface area (TPSA) is 97.8 Å². The molecule has 0 aromatic carbocycles. The number of amides is 1. The number of sulfonamides is 1. The summed E-state index contributed by atoms with van der Waals surface area (Å²) in [6.45, 7) is 2.91. The summed E-state index contributed by atoms with van der Waals surface area (Å²) in [5, 5.41) is -0.284. The summed E-state index contributed by atoms with van der Waals surface area (Å²) in [5.41, 5.74) is 2.26. The van der Waals surface area contributed by atoms with Crippen LogP contribution in [0.3, 0.4) is 0 Å². The Kier molecular flexibility index (Phi) is 6.15. The molecule has 2 aliphatic carbocycles. The molecule has 9 heteroatoms. The van der Waals surface area contributed by atoms with Crippen molar-refractivity contribution < 1.29 is 22.7 Å². The van der Waals surface area contributed by atoms with Crippen LogP contribution in [-0.2, 0) is 19.6 Å². The Morgan fingerprint density at radius 2 is 1.91 bits per heavy atom. The molecule has 5 aliphatic rings. The van der Waals surface area contributed by atoms with Gasteiger partial charge in [-0.15, -0.1) is 0 Å². The van der Waals surface area contributed by atoms with Crippen molar-refractivity contribution in [3.63, 3.8) is 0 Å². The minimum atomic E-state index is -3.35. The van der Waals surface area contributed by atoms with Gasteiger partial charge in [-0.2, -0.15) is 0 Å². The number of ether oxygens (including phenoxy) is 2. The van der Waals surface area contributed by atoms with Crippen LogP contribution >= 0.6 is 0 Å². The van der Waals surface area contributed by atoms with Gasteiger partial charge in [-0.25, -0.2) is 18.1 Å². The summed E-state index contributed by atoms with van der Waals surface area (Å²) in [4.78, 5) is 19.4. The molecule has 32 heavy (non-hydrogen) atoms. The third kappa shape index (κ3) is 4.52. The first kappa shape index (κ1) is 22.1. The van der Waals surface area contributed by atoms with Gasteiger partial charge in [0.1, 0.15) is 0 Å². The van der Waals surface area contributed by atoms with Crippen LogP contribution in [0.25, 0.3) is 0 Å². The number of carbonyl (C=O) groups excluding carboxylic acids is 1. The molecule has 3 fully saturated rings. The second-order valence-electron chi connectivity index (χ2n) is 9.71. The summed E-state index contributed by atoms with van der Waals surface area (Å²) >= 11 is 0. The third-order valence-electron chi connectivity index (χ3n) is 7.47. The van der Waals surface area contributed by atoms with E-state index < -0.39 is 10.0 Å². The molecule has 2 unspecified atom stereocenters. The predicted octanol–water partition coefficient (Wildman–Crippen LogP) is 2.27. The quantitative estimate of drug-likeness (QED) is 0.739. The van der Waals surface area contributed by atoms with E-state index >= 15 is 0 Å². The summed E-state index contributed by atoms with van der Waals surface area (Å²) < 4.78 is 40.5. The summed E-state index contributed by atoms with van der Waals surface area (Å²) in [6, 6.07) is 1.35. The van der Waals surface area contributed by atoms with E-state index in [2.05, 4.69) is 16.6 Å². The van der Waals surface area contributed by atoms with Gasteiger partial charge in [0.2, 0.25) is 15.9 Å². The van der Waals surface area contributed by atoms with Crippen molar-refractivity contribution in [2.75, 3.05) is 19.8 Å². The number of pyridine rings is 1. The lowest BCUT2D eigenvalue weighted by Gasteiger charge is -2.42. The zero-order valence-electron chi connectivity index (χ0n) is 18.7. The van der Waals surface area contributed by atoms with E-state index in [9.17, 15) is 13.2 Å². The van der Waals surface area contributed by atoms with Crippen molar-refractivity contribution in [1.82, 2.24) is 14.6 Å². The SMILES string of the molecule is Cc1ccnc2c1C1CCC(CC1)OCC1C(NS(=O)(=O)C3CC3)CCCN1C(=O)CO2. The third-order valence-corrected chi connectivity index (χ3v) is 9.45. The molecule has 1 saturated heterocycles. The predicted molar refractivity (Wildman–Crippen MR) is 119 cm³/mol. The van der Waals surface area contributed by atoms with Gasteiger partial charge in [-0.05, 0) is 75.8 Å². The number of aryl methyl sites for hydroxylation is 1. The highest BCUT2D eigenvalue weighted by atomic mass is 32.2. The molecule has 8 nitrogen and oxygen atoms in total. The van der Waals surface area contributed by atoms with Gasteiger partial charge in [0.15, 0.2) is 6.61 Å². The number of rotatable bonds is 3. The molecule has 6 rings (SSSR count). The van der Waals surface area contributed by atoms with Crippen LogP contribution in [0, 0.1) is 6.92 Å². The van der Waals surface area contributed by atoms with Crippen LogP contribution in [0.1, 0.15) is 68.4 Å². The average molecular weight is 464 g/mol. The number of hydrogen-bond donors (Lipinski definition) is 1. The summed E-state index contributed by atoms with van der Waals surface area (Å²) in [7, 11) is -3.35. The lowest BCUT2D eigenvalue weighted by Crippen LogP contribution is -2.60. The normalized spacial score (nSPS) is 31.5. The molecule has 0 spiro atoms. The Bertz CT molecular complexity index is 956. The minimum absolute atomic E-state index is 0.0990. The Morgan fingerprint density at radius 3 is 2.66 bits per heavy atom. The molecule has 1 N–H and O–H groups in total. The van der Waals surface area contributed by atoms with Crippen LogP contribution in [-0.4, -0.2) is 67.4 Å². The summed E-state index contributed by atoms with van der Waals surface area (Å²) in [6.07, 6.45) is 8.63. The molecule has 4 heterocycles. The van der Waals surface area contributed by atoms with Crippen molar-refractivity contribution >= 4 is 15.9 Å². The van der Waals surface area contributed by atoms with Crippen molar-refractivity contribution in [2.45, 2.75) is 87.6 Å². The number of hydrogen-bond acceptors (Lipinski definition) is 6. The lowest BCUT2D eigenvalue weighted by atomic mass is 9.81. The zero-order chi connectivity index (χ0) is 22.3. The van der Waals surface area contributed by atoms with Crippen molar-refractivity contribution in [3.8, 4) is 5.88 Å². The molecule has 1 aromatic heterocycles. The maximum atomic E-state index is 13.2. The number of fused-ring (bicyclic) bond motifs is 5. The molecule has 2 atom stereocenters. The lowest BCUT2D eigenvalue weighted by molar-refractivity contribution is -0.140. The number of nitrogens with one attached hydrogen (secondary N) is 1. The smallest absolute Gasteiger partial charge is 0.260 e. The molecule has 2 bridgehead atoms. The number of piperidine rings is 1. The van der Waals surface area contributed by atoms with Crippen LogP contribution in [0.2, 0.25) is 0 Å². The monoisotopic (exact) mass is 463 g/mol. The van der Waals surface area contributed by atoms with E-state index in [1.165, 1.54) is 0 Å². The van der Waals surface area contributed by atoms with Crippen LogP contribution in [0.4, 0.5) is 0 Å². The van der Waals surface area contributed by atoms with Crippen molar-refractivity contribution in [3.05, 3.63) is 23.4 Å². The Labute approximate surface area is 190 Å². The van der Waals surface area contributed by atoms with Gasteiger partial charge in [0.05, 0.1) is 24.0 Å². The van der Waals surface area contributed by atoms with Gasteiger partial charge in [0, 0.05) is 24.3 Å². The number of nitrogens with zero attached hydrogens (tertiary/aromatic N) is 2. The average Bonchev–Trinajstić information content (AvgIpc) is 3.62. The van der Waals surface area contributed by atoms with Gasteiger partial charge >= 0.3 is 0 Å². The van der Waals surface area contributed by atoms with Crippen LogP contribution in [0.5, 0.6) is 5.88 Å². The minimum Gasteiger partial charge on any atom is -0.467 e. The van der Waals surface area contributed by atoms with E-state index in [0.717, 1.165) is 56.1 Å². The maximum Gasteiger partial charge on any atom is 0.260 e. The van der Waals surface area contributed by atoms with Crippen LogP contribution in [0.15, 0.2) is 12.3 Å². The first-order valence-electron chi connectivity index (χ1n) is 11.9. The highest BCUT2D eigenvalue weighted by Gasteiger charge is 2.42. The zero-order valence-corrected chi connectivity index (χ0v) is 19.5. The highest BCUT2D eigenvalue weighted by molar-refractivity contribution is 7.90. The second-order valence-corrected chi connectivity index (χ2v) is 11.7. The van der Waals surface area contributed by atoms with E-state index in [4.69, 9.17) is 9.47 Å². The molecule has 0 radical (unpaired) electrons. The molecule has 2 saturated carbocycles. The van der Waals surface area contributed by atoms with Crippen molar-refractivity contribution in [1.29, 1.82) is 0 Å². The molecular weight excluding hydrogens is 430 g/mol.